The molecule has 0 heterocycles. The highest BCUT2D eigenvalue weighted by Gasteiger charge is 2.39. The Labute approximate surface area is 134 Å². The molecule has 1 aromatic carbocycles. The molecule has 5 heteroatoms. The Balaban J connectivity index is 1.89. The predicted molar refractivity (Wildman–Crippen MR) is 88.6 cm³/mol. The van der Waals surface area contributed by atoms with Gasteiger partial charge in [-0.05, 0) is 64.3 Å². The lowest BCUT2D eigenvalue weighted by atomic mass is 9.76. The molecule has 0 saturated heterocycles. The van der Waals surface area contributed by atoms with E-state index < -0.39 is 5.60 Å². The van der Waals surface area contributed by atoms with Gasteiger partial charge in [0.1, 0.15) is 5.60 Å². The number of hydrogen-bond donors (Lipinski definition) is 2. The lowest BCUT2D eigenvalue weighted by molar-refractivity contribution is 0.0398. The second kappa shape index (κ2) is 6.26. The van der Waals surface area contributed by atoms with Gasteiger partial charge in [0.15, 0.2) is 0 Å². The Kier molecular flexibility index (Phi) is 4.81. The maximum Gasteiger partial charge on any atom is 0.408 e. The average molecular weight is 355 g/mol. The van der Waals surface area contributed by atoms with Crippen LogP contribution in [0.3, 0.4) is 0 Å². The Morgan fingerprint density at radius 1 is 1.29 bits per heavy atom. The fourth-order valence-corrected chi connectivity index (χ4v) is 2.57. The zero-order chi connectivity index (χ0) is 15.5. The van der Waals surface area contributed by atoms with E-state index >= 15 is 0 Å². The molecule has 2 rings (SSSR count). The molecule has 1 aliphatic rings. The van der Waals surface area contributed by atoms with Crippen molar-refractivity contribution in [3.05, 3.63) is 28.7 Å². The molecule has 1 aromatic rings. The summed E-state index contributed by atoms with van der Waals surface area (Å²) in [6, 6.07) is 8.03. The zero-order valence-electron chi connectivity index (χ0n) is 12.8. The third-order valence-electron chi connectivity index (χ3n) is 3.55. The maximum atomic E-state index is 12.0. The first kappa shape index (κ1) is 16.1. The van der Waals surface area contributed by atoms with Crippen molar-refractivity contribution in [2.75, 3.05) is 11.9 Å². The molecule has 21 heavy (non-hydrogen) atoms. The average Bonchev–Trinajstić information content (AvgIpc) is 2.32. The third kappa shape index (κ3) is 4.92. The number of hydrogen-bond acceptors (Lipinski definition) is 3. The number of anilines is 1. The minimum Gasteiger partial charge on any atom is -0.444 e. The van der Waals surface area contributed by atoms with E-state index in [0.717, 1.165) is 29.4 Å². The summed E-state index contributed by atoms with van der Waals surface area (Å²) in [6.45, 7) is 6.34. The molecule has 0 atom stereocenters. The van der Waals surface area contributed by atoms with Crippen molar-refractivity contribution in [2.45, 2.75) is 51.2 Å². The minimum absolute atomic E-state index is 0.185. The van der Waals surface area contributed by atoms with Gasteiger partial charge in [0.2, 0.25) is 0 Å². The number of carbonyl (C=O) groups excluding carboxylic acids is 1. The lowest BCUT2D eigenvalue weighted by Crippen LogP contribution is -2.58. The van der Waals surface area contributed by atoms with Gasteiger partial charge >= 0.3 is 6.09 Å². The summed E-state index contributed by atoms with van der Waals surface area (Å²) in [5, 5.41) is 6.43. The summed E-state index contributed by atoms with van der Waals surface area (Å²) >= 11 is 3.42. The van der Waals surface area contributed by atoms with E-state index in [1.807, 2.05) is 45.0 Å². The number of rotatable bonds is 4. The lowest BCUT2D eigenvalue weighted by Gasteiger charge is -2.43. The highest BCUT2D eigenvalue weighted by Crippen LogP contribution is 2.32. The molecule has 116 valence electrons. The van der Waals surface area contributed by atoms with E-state index in [1.165, 1.54) is 0 Å². The molecular weight excluding hydrogens is 332 g/mol. The van der Waals surface area contributed by atoms with E-state index in [9.17, 15) is 4.79 Å². The van der Waals surface area contributed by atoms with Crippen LogP contribution in [-0.4, -0.2) is 23.8 Å². The molecule has 1 amide bonds. The summed E-state index contributed by atoms with van der Waals surface area (Å²) in [5.74, 6) is 0. The first-order valence-corrected chi connectivity index (χ1v) is 8.08. The molecule has 4 nitrogen and oxygen atoms in total. The van der Waals surface area contributed by atoms with E-state index in [2.05, 4.69) is 26.6 Å². The van der Waals surface area contributed by atoms with Crippen LogP contribution >= 0.6 is 15.9 Å². The zero-order valence-corrected chi connectivity index (χ0v) is 14.4. The SMILES string of the molecule is CC(C)(C)OC(=O)NC1(CNc2ccc(Br)cc2)CCC1. The minimum atomic E-state index is -0.464. The largest absolute Gasteiger partial charge is 0.444 e. The smallest absolute Gasteiger partial charge is 0.408 e. The van der Waals surface area contributed by atoms with Crippen molar-refractivity contribution in [1.29, 1.82) is 0 Å². The summed E-state index contributed by atoms with van der Waals surface area (Å²) in [7, 11) is 0. The second-order valence-corrected chi connectivity index (χ2v) is 7.54. The van der Waals surface area contributed by atoms with Crippen LogP contribution in [0.2, 0.25) is 0 Å². The van der Waals surface area contributed by atoms with Gasteiger partial charge in [-0.3, -0.25) is 0 Å². The van der Waals surface area contributed by atoms with Gasteiger partial charge in [-0.15, -0.1) is 0 Å². The van der Waals surface area contributed by atoms with Crippen molar-refractivity contribution < 1.29 is 9.53 Å². The molecule has 0 radical (unpaired) electrons. The molecule has 0 unspecified atom stereocenters. The number of alkyl carbamates (subject to hydrolysis) is 1. The Hall–Kier alpha value is -1.23. The molecule has 0 bridgehead atoms. The van der Waals surface area contributed by atoms with Crippen molar-refractivity contribution >= 4 is 27.7 Å². The number of nitrogens with one attached hydrogen (secondary N) is 2. The van der Waals surface area contributed by atoms with Crippen LogP contribution in [0.1, 0.15) is 40.0 Å². The highest BCUT2D eigenvalue weighted by atomic mass is 79.9. The molecular formula is C16H23BrN2O2. The van der Waals surface area contributed by atoms with E-state index in [4.69, 9.17) is 4.74 Å². The standard InChI is InChI=1S/C16H23BrN2O2/c1-15(2,3)21-14(20)19-16(9-4-10-16)11-18-13-7-5-12(17)6-8-13/h5-8,18H,4,9-11H2,1-3H3,(H,19,20). The summed E-state index contributed by atoms with van der Waals surface area (Å²) < 4.78 is 6.41. The fraction of sp³-hybridized carbons (Fsp3) is 0.562. The van der Waals surface area contributed by atoms with Gasteiger partial charge in [-0.1, -0.05) is 15.9 Å². The van der Waals surface area contributed by atoms with Crippen molar-refractivity contribution in [1.82, 2.24) is 5.32 Å². The first-order valence-electron chi connectivity index (χ1n) is 7.29. The van der Waals surface area contributed by atoms with Crippen LogP contribution in [0.5, 0.6) is 0 Å². The topological polar surface area (TPSA) is 50.4 Å². The number of carbonyl (C=O) groups is 1. The molecule has 0 aromatic heterocycles. The fourth-order valence-electron chi connectivity index (χ4n) is 2.31. The van der Waals surface area contributed by atoms with Crippen LogP contribution in [0, 0.1) is 0 Å². The molecule has 1 aliphatic carbocycles. The van der Waals surface area contributed by atoms with Crippen molar-refractivity contribution in [2.24, 2.45) is 0 Å². The van der Waals surface area contributed by atoms with Gasteiger partial charge < -0.3 is 15.4 Å². The summed E-state index contributed by atoms with van der Waals surface area (Å²) in [4.78, 5) is 12.0. The quantitative estimate of drug-likeness (QED) is 0.846. The van der Waals surface area contributed by atoms with E-state index in [1.54, 1.807) is 0 Å². The monoisotopic (exact) mass is 354 g/mol. The van der Waals surface area contributed by atoms with Crippen LogP contribution in [-0.2, 0) is 4.74 Å². The van der Waals surface area contributed by atoms with Gasteiger partial charge in [0.25, 0.3) is 0 Å². The Bertz CT molecular complexity index is 490. The number of benzene rings is 1. The van der Waals surface area contributed by atoms with Crippen LogP contribution in [0.15, 0.2) is 28.7 Å². The number of ether oxygens (including phenoxy) is 1. The Morgan fingerprint density at radius 2 is 1.90 bits per heavy atom. The predicted octanol–water partition coefficient (Wildman–Crippen LogP) is 4.31. The first-order chi connectivity index (χ1) is 9.78. The molecule has 1 saturated carbocycles. The molecule has 0 spiro atoms. The molecule has 1 fully saturated rings. The summed E-state index contributed by atoms with van der Waals surface area (Å²) in [6.07, 6.45) is 2.77. The van der Waals surface area contributed by atoms with Crippen molar-refractivity contribution in [3.63, 3.8) is 0 Å². The van der Waals surface area contributed by atoms with Gasteiger partial charge in [0, 0.05) is 16.7 Å². The highest BCUT2D eigenvalue weighted by molar-refractivity contribution is 9.10. The molecule has 0 aliphatic heterocycles. The van der Waals surface area contributed by atoms with Crippen molar-refractivity contribution in [3.8, 4) is 0 Å². The molecule has 2 N–H and O–H groups in total. The van der Waals surface area contributed by atoms with Gasteiger partial charge in [-0.2, -0.15) is 0 Å². The van der Waals surface area contributed by atoms with E-state index in [0.29, 0.717) is 6.54 Å². The Morgan fingerprint density at radius 3 is 2.38 bits per heavy atom. The number of halogens is 1. The summed E-state index contributed by atoms with van der Waals surface area (Å²) in [5.41, 5.74) is 0.402. The van der Waals surface area contributed by atoms with Crippen LogP contribution < -0.4 is 10.6 Å². The van der Waals surface area contributed by atoms with Crippen LogP contribution in [0.25, 0.3) is 0 Å². The van der Waals surface area contributed by atoms with E-state index in [-0.39, 0.29) is 11.6 Å². The normalized spacial score (nSPS) is 16.8. The number of amides is 1. The maximum absolute atomic E-state index is 12.0. The van der Waals surface area contributed by atoms with Gasteiger partial charge in [0.05, 0.1) is 5.54 Å². The second-order valence-electron chi connectivity index (χ2n) is 6.62. The third-order valence-corrected chi connectivity index (χ3v) is 4.08. The van der Waals surface area contributed by atoms with Crippen LogP contribution in [0.4, 0.5) is 10.5 Å². The van der Waals surface area contributed by atoms with Gasteiger partial charge in [-0.25, -0.2) is 4.79 Å².